The molecular weight excluding hydrogens is 272 g/mol. The number of non-ortho nitro benzene ring substituents is 1. The van der Waals surface area contributed by atoms with E-state index in [2.05, 4.69) is 11.7 Å². The number of aliphatic imine (C=N–C) groups is 1. The van der Waals surface area contributed by atoms with Gasteiger partial charge >= 0.3 is 0 Å². The molecule has 0 saturated heterocycles. The van der Waals surface area contributed by atoms with E-state index in [1.54, 1.807) is 12.2 Å². The summed E-state index contributed by atoms with van der Waals surface area (Å²) in [6.45, 7) is 5.16. The molecule has 6 heteroatoms. The number of allylic oxidation sites excluding steroid dienone is 4. The number of carbonyl (C=O) groups excluding carboxylic acids is 1. The molecule has 0 amide bonds. The van der Waals surface area contributed by atoms with Gasteiger partial charge in [0.05, 0.1) is 4.92 Å². The molecule has 0 spiro atoms. The van der Waals surface area contributed by atoms with Crippen LogP contribution in [0.1, 0.15) is 17.5 Å². The molecular formula is C15H12N2O4. The first kappa shape index (κ1) is 14.4. The van der Waals surface area contributed by atoms with Gasteiger partial charge < -0.3 is 4.42 Å². The number of rotatable bonds is 5. The molecule has 6 nitrogen and oxygen atoms in total. The van der Waals surface area contributed by atoms with Gasteiger partial charge in [-0.05, 0) is 31.9 Å². The molecule has 21 heavy (non-hydrogen) atoms. The number of ketones is 1. The third-order valence-corrected chi connectivity index (χ3v) is 2.78. The molecule has 0 N–H and O–H groups in total. The van der Waals surface area contributed by atoms with Crippen LogP contribution in [0.5, 0.6) is 0 Å². The summed E-state index contributed by atoms with van der Waals surface area (Å²) in [4.78, 5) is 26.1. The number of nitrogens with zero attached hydrogens (tertiary/aromatic N) is 2. The second kappa shape index (κ2) is 5.96. The number of fused-ring (bicyclic) bond motifs is 1. The second-order valence-corrected chi connectivity index (χ2v) is 4.15. The zero-order valence-corrected chi connectivity index (χ0v) is 11.3. The summed E-state index contributed by atoms with van der Waals surface area (Å²) in [5.41, 5.74) is 0.480. The van der Waals surface area contributed by atoms with Gasteiger partial charge in [-0.3, -0.25) is 19.9 Å². The van der Waals surface area contributed by atoms with Crippen LogP contribution in [-0.2, 0) is 0 Å². The third kappa shape index (κ3) is 2.94. The molecule has 2 rings (SSSR count). The van der Waals surface area contributed by atoms with E-state index in [9.17, 15) is 14.9 Å². The van der Waals surface area contributed by atoms with Crippen LogP contribution in [-0.4, -0.2) is 17.4 Å². The van der Waals surface area contributed by atoms with E-state index in [0.29, 0.717) is 11.0 Å². The topological polar surface area (TPSA) is 85.7 Å². The highest BCUT2D eigenvalue weighted by Gasteiger charge is 2.17. The molecule has 0 saturated carbocycles. The van der Waals surface area contributed by atoms with Gasteiger partial charge in [-0.1, -0.05) is 12.2 Å². The molecule has 0 unspecified atom stereocenters. The first-order valence-corrected chi connectivity index (χ1v) is 6.09. The Hall–Kier alpha value is -3.02. The van der Waals surface area contributed by atoms with Gasteiger partial charge in [0.25, 0.3) is 5.69 Å². The van der Waals surface area contributed by atoms with Gasteiger partial charge in [-0.25, -0.2) is 0 Å². The van der Waals surface area contributed by atoms with Crippen molar-refractivity contribution in [3.05, 3.63) is 64.1 Å². The molecule has 1 aromatic carbocycles. The number of Topliss-reactive ketones (excluding diaryl/α,β-unsaturated/α-hetero) is 1. The van der Waals surface area contributed by atoms with Gasteiger partial charge in [0.2, 0.25) is 5.78 Å². The smallest absolute Gasteiger partial charge is 0.270 e. The number of hydrogen-bond acceptors (Lipinski definition) is 5. The number of benzene rings is 1. The van der Waals surface area contributed by atoms with Gasteiger partial charge in [0, 0.05) is 17.5 Å². The van der Waals surface area contributed by atoms with Crippen molar-refractivity contribution in [2.75, 3.05) is 0 Å². The Morgan fingerprint density at radius 1 is 1.43 bits per heavy atom. The Labute approximate surface area is 120 Å². The van der Waals surface area contributed by atoms with Crippen molar-refractivity contribution < 1.29 is 14.1 Å². The van der Waals surface area contributed by atoms with E-state index in [1.807, 2.05) is 6.92 Å². The normalized spacial score (nSPS) is 12.0. The highest BCUT2D eigenvalue weighted by molar-refractivity contribution is 6.09. The molecule has 0 aliphatic heterocycles. The van der Waals surface area contributed by atoms with E-state index >= 15 is 0 Å². The minimum absolute atomic E-state index is 0.0613. The lowest BCUT2D eigenvalue weighted by molar-refractivity contribution is -0.384. The van der Waals surface area contributed by atoms with Crippen LogP contribution >= 0.6 is 0 Å². The average molecular weight is 284 g/mol. The van der Waals surface area contributed by atoms with Crippen molar-refractivity contribution in [2.24, 2.45) is 4.99 Å². The van der Waals surface area contributed by atoms with Crippen LogP contribution in [0.3, 0.4) is 0 Å². The van der Waals surface area contributed by atoms with E-state index < -0.39 is 10.7 Å². The summed E-state index contributed by atoms with van der Waals surface area (Å²) < 4.78 is 5.40. The summed E-state index contributed by atoms with van der Waals surface area (Å²) in [6, 6.07) is 5.59. The summed E-state index contributed by atoms with van der Waals surface area (Å²) in [5.74, 6) is -0.365. The molecule has 1 aromatic heterocycles. The standard InChI is InChI=1S/C15H12N2O4/c1-3-4-5-12(16-2)15(18)14-9-10-8-11(17(19)20)6-7-13(10)21-14/h3-9H,2H2,1H3/b4-3-,12-5-. The fourth-order valence-electron chi connectivity index (χ4n) is 1.77. The second-order valence-electron chi connectivity index (χ2n) is 4.15. The Kier molecular flexibility index (Phi) is 4.08. The minimum Gasteiger partial charge on any atom is -0.453 e. The van der Waals surface area contributed by atoms with Gasteiger partial charge in [-0.15, -0.1) is 0 Å². The number of nitro groups is 1. The molecule has 0 bridgehead atoms. The molecule has 106 valence electrons. The Morgan fingerprint density at radius 2 is 2.19 bits per heavy atom. The molecule has 0 atom stereocenters. The monoisotopic (exact) mass is 284 g/mol. The molecule has 1 heterocycles. The molecule has 2 aromatic rings. The minimum atomic E-state index is -0.503. The maximum atomic E-state index is 12.2. The number of carbonyl (C=O) groups is 1. The van der Waals surface area contributed by atoms with Crippen molar-refractivity contribution in [3.8, 4) is 0 Å². The van der Waals surface area contributed by atoms with Crippen molar-refractivity contribution in [3.63, 3.8) is 0 Å². The largest absolute Gasteiger partial charge is 0.453 e. The quantitative estimate of drug-likeness (QED) is 0.209. The number of nitro benzene ring substituents is 1. The molecule has 0 aliphatic rings. The van der Waals surface area contributed by atoms with Crippen LogP contribution in [0, 0.1) is 10.1 Å². The third-order valence-electron chi connectivity index (χ3n) is 2.78. The maximum Gasteiger partial charge on any atom is 0.270 e. The zero-order chi connectivity index (χ0) is 15.4. The van der Waals surface area contributed by atoms with Crippen LogP contribution in [0.25, 0.3) is 11.0 Å². The Bertz CT molecular complexity index is 784. The molecule has 0 radical (unpaired) electrons. The fraction of sp³-hybridized carbons (Fsp3) is 0.0667. The molecule has 0 aliphatic carbocycles. The number of hydrogen-bond donors (Lipinski definition) is 0. The average Bonchev–Trinajstić information content (AvgIpc) is 2.90. The number of furan rings is 1. The van der Waals surface area contributed by atoms with Crippen LogP contribution < -0.4 is 0 Å². The van der Waals surface area contributed by atoms with E-state index in [1.165, 1.54) is 30.3 Å². The fourth-order valence-corrected chi connectivity index (χ4v) is 1.77. The lowest BCUT2D eigenvalue weighted by Crippen LogP contribution is -1.99. The predicted octanol–water partition coefficient (Wildman–Crippen LogP) is 3.68. The SMILES string of the molecule is C=N/C(=C\C=C/C)C(=O)c1cc2cc([N+](=O)[O-])ccc2o1. The predicted molar refractivity (Wildman–Crippen MR) is 79.6 cm³/mol. The van der Waals surface area contributed by atoms with Crippen LogP contribution in [0.15, 0.2) is 57.6 Å². The summed E-state index contributed by atoms with van der Waals surface area (Å²) >= 11 is 0. The van der Waals surface area contributed by atoms with Crippen molar-refractivity contribution in [1.29, 1.82) is 0 Å². The van der Waals surface area contributed by atoms with Gasteiger partial charge in [0.15, 0.2) is 5.76 Å². The lowest BCUT2D eigenvalue weighted by Gasteiger charge is -1.95. The van der Waals surface area contributed by atoms with E-state index in [4.69, 9.17) is 4.42 Å². The summed E-state index contributed by atoms with van der Waals surface area (Å²) in [5, 5.41) is 11.2. The highest BCUT2D eigenvalue weighted by atomic mass is 16.6. The zero-order valence-electron chi connectivity index (χ0n) is 11.3. The Morgan fingerprint density at radius 3 is 2.81 bits per heavy atom. The van der Waals surface area contributed by atoms with Gasteiger partial charge in [-0.2, -0.15) is 0 Å². The van der Waals surface area contributed by atoms with Crippen molar-refractivity contribution in [1.82, 2.24) is 0 Å². The van der Waals surface area contributed by atoms with E-state index in [-0.39, 0.29) is 17.1 Å². The van der Waals surface area contributed by atoms with Gasteiger partial charge in [0.1, 0.15) is 11.3 Å². The summed E-state index contributed by atoms with van der Waals surface area (Å²) in [7, 11) is 0. The lowest BCUT2D eigenvalue weighted by atomic mass is 10.2. The van der Waals surface area contributed by atoms with E-state index in [0.717, 1.165) is 0 Å². The first-order chi connectivity index (χ1) is 10.1. The first-order valence-electron chi connectivity index (χ1n) is 6.09. The van der Waals surface area contributed by atoms with Crippen LogP contribution in [0.4, 0.5) is 5.69 Å². The maximum absolute atomic E-state index is 12.2. The highest BCUT2D eigenvalue weighted by Crippen LogP contribution is 2.25. The van der Waals surface area contributed by atoms with Crippen molar-refractivity contribution in [2.45, 2.75) is 6.92 Å². The summed E-state index contributed by atoms with van der Waals surface area (Å²) in [6.07, 6.45) is 4.93. The van der Waals surface area contributed by atoms with Crippen LogP contribution in [0.2, 0.25) is 0 Å². The van der Waals surface area contributed by atoms with Crippen molar-refractivity contribution >= 4 is 29.2 Å². The Balaban J connectivity index is 2.45. The molecule has 0 fully saturated rings.